The van der Waals surface area contributed by atoms with Crippen LogP contribution in [0.5, 0.6) is 5.75 Å². The number of rotatable bonds is 5. The molecular weight excluding hydrogens is 298 g/mol. The van der Waals surface area contributed by atoms with Gasteiger partial charge in [-0.1, -0.05) is 30.0 Å². The van der Waals surface area contributed by atoms with Gasteiger partial charge in [0.1, 0.15) is 11.9 Å². The summed E-state index contributed by atoms with van der Waals surface area (Å²) in [5.74, 6) is 1.43. The first-order valence-corrected chi connectivity index (χ1v) is 8.30. The SMILES string of the molecule is Cn1ccnc1SCC(=O)N1CC[C@@H](Oc2ccccc2)C1. The van der Waals surface area contributed by atoms with E-state index in [0.29, 0.717) is 12.3 Å². The number of ether oxygens (including phenoxy) is 1. The van der Waals surface area contributed by atoms with E-state index in [1.165, 1.54) is 11.8 Å². The zero-order valence-electron chi connectivity index (χ0n) is 12.5. The molecule has 22 heavy (non-hydrogen) atoms. The number of carbonyl (C=O) groups is 1. The molecule has 0 saturated carbocycles. The summed E-state index contributed by atoms with van der Waals surface area (Å²) in [6, 6.07) is 9.77. The third kappa shape index (κ3) is 3.62. The van der Waals surface area contributed by atoms with E-state index in [1.807, 2.05) is 53.0 Å². The number of imidazole rings is 1. The molecule has 0 bridgehead atoms. The number of aromatic nitrogens is 2. The van der Waals surface area contributed by atoms with Crippen LogP contribution in [0.1, 0.15) is 6.42 Å². The summed E-state index contributed by atoms with van der Waals surface area (Å²) >= 11 is 1.47. The molecule has 0 aliphatic carbocycles. The Morgan fingerprint density at radius 3 is 2.95 bits per heavy atom. The predicted octanol–water partition coefficient (Wildman–Crippen LogP) is 2.19. The molecule has 2 heterocycles. The molecule has 0 unspecified atom stereocenters. The highest BCUT2D eigenvalue weighted by molar-refractivity contribution is 7.99. The largest absolute Gasteiger partial charge is 0.489 e. The van der Waals surface area contributed by atoms with Crippen LogP contribution in [0, 0.1) is 0 Å². The van der Waals surface area contributed by atoms with Gasteiger partial charge in [0.2, 0.25) is 5.91 Å². The van der Waals surface area contributed by atoms with E-state index in [-0.39, 0.29) is 12.0 Å². The van der Waals surface area contributed by atoms with E-state index in [2.05, 4.69) is 4.98 Å². The second-order valence-electron chi connectivity index (χ2n) is 5.29. The van der Waals surface area contributed by atoms with Gasteiger partial charge in [-0.25, -0.2) is 4.98 Å². The Kier molecular flexibility index (Phi) is 4.68. The van der Waals surface area contributed by atoms with Gasteiger partial charge in [0.05, 0.1) is 12.3 Å². The molecule has 0 N–H and O–H groups in total. The number of thioether (sulfide) groups is 1. The van der Waals surface area contributed by atoms with Crippen molar-refractivity contribution in [1.82, 2.24) is 14.5 Å². The lowest BCUT2D eigenvalue weighted by Gasteiger charge is -2.17. The minimum atomic E-state index is 0.0875. The molecule has 1 saturated heterocycles. The Morgan fingerprint density at radius 1 is 1.41 bits per heavy atom. The molecule has 1 fully saturated rings. The Labute approximate surface area is 134 Å². The van der Waals surface area contributed by atoms with Gasteiger partial charge in [-0.05, 0) is 12.1 Å². The summed E-state index contributed by atoms with van der Waals surface area (Å²) < 4.78 is 7.83. The maximum Gasteiger partial charge on any atom is 0.233 e. The molecule has 2 aromatic rings. The molecule has 3 rings (SSSR count). The first-order chi connectivity index (χ1) is 10.7. The lowest BCUT2D eigenvalue weighted by Crippen LogP contribution is -2.32. The van der Waals surface area contributed by atoms with Crippen LogP contribution >= 0.6 is 11.8 Å². The molecule has 1 aliphatic rings. The highest BCUT2D eigenvalue weighted by atomic mass is 32.2. The minimum Gasteiger partial charge on any atom is -0.489 e. The molecule has 1 aliphatic heterocycles. The zero-order valence-corrected chi connectivity index (χ0v) is 13.3. The lowest BCUT2D eigenvalue weighted by molar-refractivity contribution is -0.127. The number of hydrogen-bond donors (Lipinski definition) is 0. The van der Waals surface area contributed by atoms with Crippen molar-refractivity contribution in [2.24, 2.45) is 7.05 Å². The first-order valence-electron chi connectivity index (χ1n) is 7.32. The number of aryl methyl sites for hydroxylation is 1. The van der Waals surface area contributed by atoms with Crippen LogP contribution < -0.4 is 4.74 Å². The van der Waals surface area contributed by atoms with E-state index >= 15 is 0 Å². The molecule has 0 spiro atoms. The van der Waals surface area contributed by atoms with E-state index in [9.17, 15) is 4.79 Å². The maximum absolute atomic E-state index is 12.3. The summed E-state index contributed by atoms with van der Waals surface area (Å²) in [6.45, 7) is 1.42. The summed E-state index contributed by atoms with van der Waals surface area (Å²) in [5, 5.41) is 0.865. The van der Waals surface area contributed by atoms with Gasteiger partial charge in [0, 0.05) is 32.4 Å². The second kappa shape index (κ2) is 6.87. The third-order valence-electron chi connectivity index (χ3n) is 3.65. The summed E-state index contributed by atoms with van der Waals surface area (Å²) in [4.78, 5) is 18.4. The molecule has 6 heteroatoms. The van der Waals surface area contributed by atoms with Crippen molar-refractivity contribution in [1.29, 1.82) is 0 Å². The smallest absolute Gasteiger partial charge is 0.233 e. The van der Waals surface area contributed by atoms with E-state index in [4.69, 9.17) is 4.74 Å². The molecule has 116 valence electrons. The van der Waals surface area contributed by atoms with Gasteiger partial charge in [-0.3, -0.25) is 4.79 Å². The van der Waals surface area contributed by atoms with Gasteiger partial charge in [0.25, 0.3) is 0 Å². The van der Waals surface area contributed by atoms with Crippen molar-refractivity contribution in [2.45, 2.75) is 17.7 Å². The van der Waals surface area contributed by atoms with E-state index in [0.717, 1.165) is 23.9 Å². The average Bonchev–Trinajstić information content (AvgIpc) is 3.15. The number of hydrogen-bond acceptors (Lipinski definition) is 4. The molecule has 1 amide bonds. The minimum absolute atomic E-state index is 0.0875. The Bertz CT molecular complexity index is 629. The number of para-hydroxylation sites is 1. The fourth-order valence-corrected chi connectivity index (χ4v) is 3.29. The molecule has 0 radical (unpaired) electrons. The number of amides is 1. The number of nitrogens with zero attached hydrogens (tertiary/aromatic N) is 3. The Hall–Kier alpha value is -1.95. The highest BCUT2D eigenvalue weighted by Gasteiger charge is 2.27. The second-order valence-corrected chi connectivity index (χ2v) is 6.23. The highest BCUT2D eigenvalue weighted by Crippen LogP contribution is 2.20. The van der Waals surface area contributed by atoms with Crippen LogP contribution in [-0.2, 0) is 11.8 Å². The van der Waals surface area contributed by atoms with Crippen molar-refractivity contribution >= 4 is 17.7 Å². The zero-order chi connectivity index (χ0) is 15.4. The van der Waals surface area contributed by atoms with Crippen LogP contribution in [0.3, 0.4) is 0 Å². The van der Waals surface area contributed by atoms with Crippen molar-refractivity contribution in [2.75, 3.05) is 18.8 Å². The van der Waals surface area contributed by atoms with Crippen LogP contribution in [0.4, 0.5) is 0 Å². The quantitative estimate of drug-likeness (QED) is 0.793. The standard InChI is InChI=1S/C16H19N3O2S/c1-18-10-8-17-16(18)22-12-15(20)19-9-7-14(11-19)21-13-5-3-2-4-6-13/h2-6,8,10,14H,7,9,11-12H2,1H3/t14-/m1/s1. The molecule has 1 aromatic carbocycles. The predicted molar refractivity (Wildman–Crippen MR) is 86.0 cm³/mol. The number of likely N-dealkylation sites (tertiary alicyclic amines) is 1. The Balaban J connectivity index is 1.47. The van der Waals surface area contributed by atoms with Crippen LogP contribution in [0.2, 0.25) is 0 Å². The fourth-order valence-electron chi connectivity index (χ4n) is 2.45. The van der Waals surface area contributed by atoms with Crippen molar-refractivity contribution in [3.8, 4) is 5.75 Å². The topological polar surface area (TPSA) is 47.4 Å². The summed E-state index contributed by atoms with van der Waals surface area (Å²) in [5.41, 5.74) is 0. The third-order valence-corrected chi connectivity index (χ3v) is 4.69. The van der Waals surface area contributed by atoms with E-state index in [1.54, 1.807) is 6.20 Å². The van der Waals surface area contributed by atoms with Gasteiger partial charge in [-0.2, -0.15) is 0 Å². The average molecular weight is 317 g/mol. The summed E-state index contributed by atoms with van der Waals surface area (Å²) in [6.07, 6.45) is 4.59. The molecular formula is C16H19N3O2S. The fraction of sp³-hybridized carbons (Fsp3) is 0.375. The van der Waals surface area contributed by atoms with Gasteiger partial charge >= 0.3 is 0 Å². The molecule has 1 aromatic heterocycles. The first kappa shape index (κ1) is 15.0. The van der Waals surface area contributed by atoms with Gasteiger partial charge < -0.3 is 14.2 Å². The van der Waals surface area contributed by atoms with Gasteiger partial charge in [0.15, 0.2) is 5.16 Å². The van der Waals surface area contributed by atoms with Crippen molar-refractivity contribution in [3.05, 3.63) is 42.7 Å². The molecule has 1 atom stereocenters. The maximum atomic E-state index is 12.3. The van der Waals surface area contributed by atoms with Crippen molar-refractivity contribution < 1.29 is 9.53 Å². The number of carbonyl (C=O) groups excluding carboxylic acids is 1. The summed E-state index contributed by atoms with van der Waals surface area (Å²) in [7, 11) is 1.93. The lowest BCUT2D eigenvalue weighted by atomic mass is 10.3. The van der Waals surface area contributed by atoms with Crippen LogP contribution in [0.15, 0.2) is 47.9 Å². The molecule has 5 nitrogen and oxygen atoms in total. The van der Waals surface area contributed by atoms with Crippen molar-refractivity contribution in [3.63, 3.8) is 0 Å². The monoisotopic (exact) mass is 317 g/mol. The number of benzene rings is 1. The van der Waals surface area contributed by atoms with Crippen LogP contribution in [-0.4, -0.2) is 45.3 Å². The van der Waals surface area contributed by atoms with E-state index < -0.39 is 0 Å². The Morgan fingerprint density at radius 2 is 2.23 bits per heavy atom. The van der Waals surface area contributed by atoms with Gasteiger partial charge in [-0.15, -0.1) is 0 Å². The normalized spacial score (nSPS) is 17.7. The van der Waals surface area contributed by atoms with Crippen LogP contribution in [0.25, 0.3) is 0 Å².